The molecular formula is C20H40N2O2. The van der Waals surface area contributed by atoms with Gasteiger partial charge < -0.3 is 15.0 Å². The molecule has 0 saturated carbocycles. The molecule has 1 unspecified atom stereocenters. The number of ether oxygens (including phenoxy) is 1. The molecule has 1 amide bonds. The maximum atomic E-state index is 12.6. The van der Waals surface area contributed by atoms with Crippen molar-refractivity contribution in [3.05, 3.63) is 0 Å². The molecule has 24 heavy (non-hydrogen) atoms. The van der Waals surface area contributed by atoms with Crippen LogP contribution in [0.4, 0.5) is 0 Å². The van der Waals surface area contributed by atoms with Crippen molar-refractivity contribution in [3.63, 3.8) is 0 Å². The van der Waals surface area contributed by atoms with E-state index in [1.54, 1.807) is 0 Å². The lowest BCUT2D eigenvalue weighted by Gasteiger charge is -2.31. The van der Waals surface area contributed by atoms with Gasteiger partial charge in [-0.05, 0) is 39.2 Å². The monoisotopic (exact) mass is 340 g/mol. The molecule has 1 rings (SSSR count). The van der Waals surface area contributed by atoms with E-state index in [-0.39, 0.29) is 5.91 Å². The summed E-state index contributed by atoms with van der Waals surface area (Å²) in [6.45, 7) is 9.79. The number of nitrogens with zero attached hydrogens (tertiary/aromatic N) is 1. The molecule has 1 aliphatic heterocycles. The van der Waals surface area contributed by atoms with E-state index in [2.05, 4.69) is 31.0 Å². The molecule has 1 fully saturated rings. The van der Waals surface area contributed by atoms with Gasteiger partial charge in [-0.15, -0.1) is 0 Å². The fourth-order valence-electron chi connectivity index (χ4n) is 3.66. The van der Waals surface area contributed by atoms with E-state index < -0.39 is 0 Å². The second-order valence-corrected chi connectivity index (χ2v) is 7.09. The Balaban J connectivity index is 2.30. The number of rotatable bonds is 14. The molecule has 1 saturated heterocycles. The molecule has 4 nitrogen and oxygen atoms in total. The Hall–Kier alpha value is -0.610. The lowest BCUT2D eigenvalue weighted by atomic mass is 10.0. The van der Waals surface area contributed by atoms with Gasteiger partial charge in [-0.2, -0.15) is 0 Å². The van der Waals surface area contributed by atoms with Crippen LogP contribution in [0.3, 0.4) is 0 Å². The van der Waals surface area contributed by atoms with Crippen LogP contribution >= 0.6 is 0 Å². The molecule has 4 heteroatoms. The number of amides is 1. The van der Waals surface area contributed by atoms with Crippen molar-refractivity contribution in [2.24, 2.45) is 0 Å². The maximum Gasteiger partial charge on any atom is 0.225 e. The van der Waals surface area contributed by atoms with Crippen molar-refractivity contribution in [1.82, 2.24) is 10.2 Å². The van der Waals surface area contributed by atoms with Gasteiger partial charge in [-0.3, -0.25) is 4.79 Å². The van der Waals surface area contributed by atoms with Crippen molar-refractivity contribution in [2.75, 3.05) is 26.3 Å². The SMILES string of the molecule is CCCCCCC(CCC)N(CC)C(=O)CCOC[C@H]1CCCN1. The Kier molecular flexibility index (Phi) is 12.2. The highest BCUT2D eigenvalue weighted by Gasteiger charge is 2.21. The van der Waals surface area contributed by atoms with Crippen LogP contribution < -0.4 is 5.32 Å². The average molecular weight is 341 g/mol. The smallest absolute Gasteiger partial charge is 0.225 e. The average Bonchev–Trinajstić information content (AvgIpc) is 3.09. The number of carbonyl (C=O) groups excluding carboxylic acids is 1. The third-order valence-corrected chi connectivity index (χ3v) is 5.06. The van der Waals surface area contributed by atoms with Crippen LogP contribution in [0.1, 0.15) is 85.0 Å². The van der Waals surface area contributed by atoms with Crippen LogP contribution in [0.2, 0.25) is 0 Å². The summed E-state index contributed by atoms with van der Waals surface area (Å²) in [6.07, 6.45) is 11.5. The molecule has 0 radical (unpaired) electrons. The second kappa shape index (κ2) is 13.7. The van der Waals surface area contributed by atoms with Crippen molar-refractivity contribution < 1.29 is 9.53 Å². The van der Waals surface area contributed by atoms with E-state index in [9.17, 15) is 4.79 Å². The Morgan fingerprint density at radius 1 is 1.17 bits per heavy atom. The number of hydrogen-bond acceptors (Lipinski definition) is 3. The van der Waals surface area contributed by atoms with E-state index in [1.807, 2.05) is 0 Å². The Morgan fingerprint density at radius 2 is 2.00 bits per heavy atom. The molecule has 0 aromatic carbocycles. The fraction of sp³-hybridized carbons (Fsp3) is 0.950. The molecule has 142 valence electrons. The molecule has 1 aliphatic rings. The molecule has 0 aromatic heterocycles. The van der Waals surface area contributed by atoms with E-state index in [0.717, 1.165) is 39.0 Å². The zero-order valence-corrected chi connectivity index (χ0v) is 16.3. The van der Waals surface area contributed by atoms with Gasteiger partial charge in [-0.1, -0.05) is 46.0 Å². The first-order valence-electron chi connectivity index (χ1n) is 10.3. The zero-order valence-electron chi connectivity index (χ0n) is 16.3. The van der Waals surface area contributed by atoms with E-state index >= 15 is 0 Å². The van der Waals surface area contributed by atoms with Crippen LogP contribution in [0.15, 0.2) is 0 Å². The van der Waals surface area contributed by atoms with Gasteiger partial charge in [0.15, 0.2) is 0 Å². The fourth-order valence-corrected chi connectivity index (χ4v) is 3.66. The summed E-state index contributed by atoms with van der Waals surface area (Å²) >= 11 is 0. The first kappa shape index (κ1) is 21.4. The van der Waals surface area contributed by atoms with Crippen molar-refractivity contribution >= 4 is 5.91 Å². The highest BCUT2D eigenvalue weighted by atomic mass is 16.5. The third kappa shape index (κ3) is 8.48. The lowest BCUT2D eigenvalue weighted by Crippen LogP contribution is -2.40. The zero-order chi connectivity index (χ0) is 17.6. The first-order chi connectivity index (χ1) is 11.7. The number of hydrogen-bond donors (Lipinski definition) is 1. The quantitative estimate of drug-likeness (QED) is 0.483. The standard InChI is InChI=1S/C20H40N2O2/c1-4-7-8-9-13-19(11-5-2)22(6-3)20(23)14-16-24-17-18-12-10-15-21-18/h18-19,21H,4-17H2,1-3H3/t18-,19?/m1/s1. The lowest BCUT2D eigenvalue weighted by molar-refractivity contribution is -0.134. The van der Waals surface area contributed by atoms with Crippen LogP contribution in [0.5, 0.6) is 0 Å². The third-order valence-electron chi connectivity index (χ3n) is 5.06. The molecule has 1 N–H and O–H groups in total. The van der Waals surface area contributed by atoms with E-state index in [4.69, 9.17) is 4.74 Å². The van der Waals surface area contributed by atoms with Gasteiger partial charge in [0.1, 0.15) is 0 Å². The summed E-state index contributed by atoms with van der Waals surface area (Å²) < 4.78 is 5.73. The maximum absolute atomic E-state index is 12.6. The summed E-state index contributed by atoms with van der Waals surface area (Å²) in [4.78, 5) is 14.7. The largest absolute Gasteiger partial charge is 0.379 e. The minimum Gasteiger partial charge on any atom is -0.379 e. The van der Waals surface area contributed by atoms with Gasteiger partial charge in [0.05, 0.1) is 19.6 Å². The predicted molar refractivity (Wildman–Crippen MR) is 101 cm³/mol. The Bertz CT molecular complexity index is 317. The normalized spacial score (nSPS) is 18.7. The number of nitrogens with one attached hydrogen (secondary N) is 1. The van der Waals surface area contributed by atoms with Crippen molar-refractivity contribution in [2.45, 2.75) is 97.1 Å². The van der Waals surface area contributed by atoms with Crippen molar-refractivity contribution in [3.8, 4) is 0 Å². The van der Waals surface area contributed by atoms with Crippen LogP contribution in [0.25, 0.3) is 0 Å². The molecule has 1 heterocycles. The highest BCUT2D eigenvalue weighted by molar-refractivity contribution is 5.76. The topological polar surface area (TPSA) is 41.6 Å². The Labute approximate surface area is 149 Å². The van der Waals surface area contributed by atoms with Gasteiger partial charge in [0, 0.05) is 18.6 Å². The number of carbonyl (C=O) groups is 1. The highest BCUT2D eigenvalue weighted by Crippen LogP contribution is 2.17. The molecule has 0 aromatic rings. The molecule has 0 bridgehead atoms. The molecule has 2 atom stereocenters. The van der Waals surface area contributed by atoms with Gasteiger partial charge >= 0.3 is 0 Å². The summed E-state index contributed by atoms with van der Waals surface area (Å²) in [5.41, 5.74) is 0. The summed E-state index contributed by atoms with van der Waals surface area (Å²) in [5, 5.41) is 3.43. The first-order valence-corrected chi connectivity index (χ1v) is 10.3. The van der Waals surface area contributed by atoms with Gasteiger partial charge in [-0.25, -0.2) is 0 Å². The van der Waals surface area contributed by atoms with Crippen molar-refractivity contribution in [1.29, 1.82) is 0 Å². The minimum atomic E-state index is 0.269. The molecule has 0 aliphatic carbocycles. The minimum absolute atomic E-state index is 0.269. The predicted octanol–water partition coefficient (Wildman–Crippen LogP) is 4.13. The molecular weight excluding hydrogens is 300 g/mol. The van der Waals surface area contributed by atoms with Crippen LogP contribution in [-0.4, -0.2) is 49.2 Å². The number of unbranched alkanes of at least 4 members (excludes halogenated alkanes) is 3. The van der Waals surface area contributed by atoms with Gasteiger partial charge in [0.2, 0.25) is 5.91 Å². The van der Waals surface area contributed by atoms with Crippen LogP contribution in [0, 0.1) is 0 Å². The second-order valence-electron chi connectivity index (χ2n) is 7.09. The summed E-state index contributed by atoms with van der Waals surface area (Å²) in [6, 6.07) is 0.912. The Morgan fingerprint density at radius 3 is 2.62 bits per heavy atom. The van der Waals surface area contributed by atoms with Gasteiger partial charge in [0.25, 0.3) is 0 Å². The summed E-state index contributed by atoms with van der Waals surface area (Å²) in [7, 11) is 0. The van der Waals surface area contributed by atoms with E-state index in [0.29, 0.717) is 25.1 Å². The van der Waals surface area contributed by atoms with E-state index in [1.165, 1.54) is 38.5 Å². The summed E-state index contributed by atoms with van der Waals surface area (Å²) in [5.74, 6) is 0.269. The molecule has 0 spiro atoms. The van der Waals surface area contributed by atoms with Crippen LogP contribution in [-0.2, 0) is 9.53 Å².